The molecule has 0 bridgehead atoms. The molecule has 1 heterocycles. The van der Waals surface area contributed by atoms with Crippen molar-refractivity contribution in [2.45, 2.75) is 51.9 Å². The summed E-state index contributed by atoms with van der Waals surface area (Å²) in [6, 6.07) is 6.35. The van der Waals surface area contributed by atoms with E-state index in [2.05, 4.69) is 19.2 Å². The van der Waals surface area contributed by atoms with Crippen LogP contribution in [0.3, 0.4) is 0 Å². The van der Waals surface area contributed by atoms with Crippen LogP contribution in [0.4, 0.5) is 0 Å². The molecule has 1 N–H and O–H groups in total. The third-order valence-electron chi connectivity index (χ3n) is 3.46. The van der Waals surface area contributed by atoms with Gasteiger partial charge in [-0.25, -0.2) is 0 Å². The highest BCUT2D eigenvalue weighted by atomic mass is 35.5. The summed E-state index contributed by atoms with van der Waals surface area (Å²) >= 11 is 6.15. The Morgan fingerprint density at radius 2 is 2.10 bits per heavy atom. The van der Waals surface area contributed by atoms with E-state index in [1.54, 1.807) is 0 Å². The molecule has 0 spiro atoms. The van der Waals surface area contributed by atoms with Gasteiger partial charge in [-0.15, -0.1) is 0 Å². The van der Waals surface area contributed by atoms with Crippen LogP contribution in [0.15, 0.2) is 18.2 Å². The average Bonchev–Trinajstić information content (AvgIpc) is 2.83. The molecule has 112 valence electrons. The minimum absolute atomic E-state index is 0.173. The van der Waals surface area contributed by atoms with E-state index in [0.29, 0.717) is 23.8 Å². The molecule has 1 aromatic rings. The third kappa shape index (κ3) is 4.65. The number of aryl methyl sites for hydroxylation is 1. The normalized spacial score (nSPS) is 22.4. The molecule has 0 radical (unpaired) electrons. The summed E-state index contributed by atoms with van der Waals surface area (Å²) in [4.78, 5) is 0. The van der Waals surface area contributed by atoms with E-state index in [4.69, 9.17) is 21.1 Å². The Labute approximate surface area is 126 Å². The van der Waals surface area contributed by atoms with Crippen molar-refractivity contribution in [2.75, 3.05) is 13.2 Å². The molecule has 2 rings (SSSR count). The van der Waals surface area contributed by atoms with Gasteiger partial charge in [0.2, 0.25) is 0 Å². The molecule has 0 aliphatic carbocycles. The topological polar surface area (TPSA) is 30.5 Å². The van der Waals surface area contributed by atoms with Gasteiger partial charge in [-0.05, 0) is 37.5 Å². The van der Waals surface area contributed by atoms with Gasteiger partial charge in [0.1, 0.15) is 12.4 Å². The van der Waals surface area contributed by atoms with E-state index in [1.807, 2.05) is 25.1 Å². The maximum absolute atomic E-state index is 6.15. The molecule has 2 unspecified atom stereocenters. The van der Waals surface area contributed by atoms with Crippen molar-refractivity contribution in [1.82, 2.24) is 5.32 Å². The molecule has 1 saturated heterocycles. The zero-order valence-corrected chi connectivity index (χ0v) is 13.2. The van der Waals surface area contributed by atoms with Crippen LogP contribution in [0.5, 0.6) is 5.75 Å². The first-order valence-corrected chi connectivity index (χ1v) is 7.70. The van der Waals surface area contributed by atoms with Gasteiger partial charge in [0.15, 0.2) is 0 Å². The van der Waals surface area contributed by atoms with Crippen molar-refractivity contribution in [3.8, 4) is 5.75 Å². The number of nitrogens with one attached hydrogen (secondary N) is 1. The second kappa shape index (κ2) is 7.30. The van der Waals surface area contributed by atoms with Gasteiger partial charge in [0, 0.05) is 12.6 Å². The number of hydrogen-bond donors (Lipinski definition) is 1. The molecular formula is C16H24ClNO2. The molecule has 0 saturated carbocycles. The lowest BCUT2D eigenvalue weighted by atomic mass is 10.2. The van der Waals surface area contributed by atoms with E-state index in [-0.39, 0.29) is 6.10 Å². The van der Waals surface area contributed by atoms with Crippen LogP contribution < -0.4 is 10.1 Å². The highest BCUT2D eigenvalue weighted by Gasteiger charge is 2.25. The molecule has 4 heteroatoms. The molecule has 20 heavy (non-hydrogen) atoms. The molecule has 0 amide bonds. The Morgan fingerprint density at radius 3 is 2.80 bits per heavy atom. The Morgan fingerprint density at radius 1 is 1.35 bits per heavy atom. The van der Waals surface area contributed by atoms with Gasteiger partial charge in [0.05, 0.1) is 17.2 Å². The zero-order valence-electron chi connectivity index (χ0n) is 12.5. The maximum Gasteiger partial charge on any atom is 0.138 e. The Kier molecular flexibility index (Phi) is 5.70. The summed E-state index contributed by atoms with van der Waals surface area (Å²) in [5, 5.41) is 4.08. The summed E-state index contributed by atoms with van der Waals surface area (Å²) in [5.41, 5.74) is 1.14. The van der Waals surface area contributed by atoms with E-state index >= 15 is 0 Å². The molecule has 1 fully saturated rings. The second-order valence-corrected chi connectivity index (χ2v) is 6.17. The monoisotopic (exact) mass is 297 g/mol. The van der Waals surface area contributed by atoms with Crippen LogP contribution >= 0.6 is 11.6 Å². The highest BCUT2D eigenvalue weighted by molar-refractivity contribution is 6.32. The Balaban J connectivity index is 1.75. The fraction of sp³-hybridized carbons (Fsp3) is 0.625. The van der Waals surface area contributed by atoms with Crippen LogP contribution in [-0.4, -0.2) is 31.4 Å². The number of rotatable bonds is 6. The summed E-state index contributed by atoms with van der Waals surface area (Å²) in [6.45, 7) is 7.80. The lowest BCUT2D eigenvalue weighted by Crippen LogP contribution is -2.32. The van der Waals surface area contributed by atoms with Crippen molar-refractivity contribution in [3.05, 3.63) is 28.8 Å². The standard InChI is InChI=1S/C16H24ClNO2/c1-11(2)18-9-13-5-6-14(20-13)10-19-16-7-4-12(3)8-15(16)17/h4,7-8,11,13-14,18H,5-6,9-10H2,1-3H3. The number of hydrogen-bond acceptors (Lipinski definition) is 3. The van der Waals surface area contributed by atoms with E-state index in [0.717, 1.165) is 30.7 Å². The van der Waals surface area contributed by atoms with Gasteiger partial charge in [0.25, 0.3) is 0 Å². The zero-order chi connectivity index (χ0) is 14.5. The maximum atomic E-state index is 6.15. The predicted molar refractivity (Wildman–Crippen MR) is 82.7 cm³/mol. The van der Waals surface area contributed by atoms with Crippen LogP contribution in [-0.2, 0) is 4.74 Å². The second-order valence-electron chi connectivity index (χ2n) is 5.77. The van der Waals surface area contributed by atoms with E-state index in [9.17, 15) is 0 Å². The first-order valence-electron chi connectivity index (χ1n) is 7.32. The number of ether oxygens (including phenoxy) is 2. The van der Waals surface area contributed by atoms with Crippen molar-refractivity contribution < 1.29 is 9.47 Å². The fourth-order valence-electron chi connectivity index (χ4n) is 2.33. The molecule has 1 aromatic carbocycles. The largest absolute Gasteiger partial charge is 0.489 e. The molecule has 1 aliphatic rings. The van der Waals surface area contributed by atoms with Crippen molar-refractivity contribution in [1.29, 1.82) is 0 Å². The molecule has 2 atom stereocenters. The van der Waals surface area contributed by atoms with Gasteiger partial charge < -0.3 is 14.8 Å². The number of halogens is 1. The quantitative estimate of drug-likeness (QED) is 0.871. The smallest absolute Gasteiger partial charge is 0.138 e. The van der Waals surface area contributed by atoms with Crippen LogP contribution in [0.1, 0.15) is 32.3 Å². The van der Waals surface area contributed by atoms with Gasteiger partial charge in [-0.1, -0.05) is 31.5 Å². The van der Waals surface area contributed by atoms with Gasteiger partial charge >= 0.3 is 0 Å². The minimum Gasteiger partial charge on any atom is -0.489 e. The number of benzene rings is 1. The van der Waals surface area contributed by atoms with E-state index < -0.39 is 0 Å². The SMILES string of the molecule is Cc1ccc(OCC2CCC(CNC(C)C)O2)c(Cl)c1. The molecule has 0 aromatic heterocycles. The predicted octanol–water partition coefficient (Wildman–Crippen LogP) is 3.57. The van der Waals surface area contributed by atoms with Crippen molar-refractivity contribution in [2.24, 2.45) is 0 Å². The fourth-order valence-corrected chi connectivity index (χ4v) is 2.62. The lowest BCUT2D eigenvalue weighted by Gasteiger charge is -2.17. The summed E-state index contributed by atoms with van der Waals surface area (Å²) in [6.07, 6.45) is 2.62. The van der Waals surface area contributed by atoms with Crippen LogP contribution in [0.2, 0.25) is 5.02 Å². The lowest BCUT2D eigenvalue weighted by molar-refractivity contribution is 0.0179. The Hall–Kier alpha value is -0.770. The van der Waals surface area contributed by atoms with Crippen LogP contribution in [0.25, 0.3) is 0 Å². The third-order valence-corrected chi connectivity index (χ3v) is 3.76. The summed E-state index contributed by atoms with van der Waals surface area (Å²) < 4.78 is 11.7. The minimum atomic E-state index is 0.173. The highest BCUT2D eigenvalue weighted by Crippen LogP contribution is 2.27. The van der Waals surface area contributed by atoms with E-state index in [1.165, 1.54) is 0 Å². The van der Waals surface area contributed by atoms with Gasteiger partial charge in [-0.2, -0.15) is 0 Å². The van der Waals surface area contributed by atoms with Crippen molar-refractivity contribution >= 4 is 11.6 Å². The van der Waals surface area contributed by atoms with Crippen LogP contribution in [0, 0.1) is 6.92 Å². The molecule has 3 nitrogen and oxygen atoms in total. The molecular weight excluding hydrogens is 274 g/mol. The first kappa shape index (κ1) is 15.6. The summed E-state index contributed by atoms with van der Waals surface area (Å²) in [5.74, 6) is 0.740. The Bertz CT molecular complexity index is 436. The van der Waals surface area contributed by atoms with Crippen molar-refractivity contribution in [3.63, 3.8) is 0 Å². The average molecular weight is 298 g/mol. The molecule has 1 aliphatic heterocycles. The summed E-state index contributed by atoms with van der Waals surface area (Å²) in [7, 11) is 0. The first-order chi connectivity index (χ1) is 9.54. The van der Waals surface area contributed by atoms with Gasteiger partial charge in [-0.3, -0.25) is 0 Å².